The molecule has 1 unspecified atom stereocenters. The van der Waals surface area contributed by atoms with E-state index in [0.717, 1.165) is 5.56 Å². The number of nitrogens with zero attached hydrogens (tertiary/aromatic N) is 2. The number of carbonyl (C=O) groups excluding carboxylic acids is 2. The third kappa shape index (κ3) is 3.53. The maximum atomic E-state index is 13.0. The molecule has 8 nitrogen and oxygen atoms in total. The molecule has 2 aromatic carbocycles. The molecule has 0 aromatic heterocycles. The van der Waals surface area contributed by atoms with Crippen LogP contribution in [0, 0.1) is 0 Å². The molecule has 0 saturated heterocycles. The third-order valence-corrected chi connectivity index (χ3v) is 5.00. The standard InChI is InChI=1S/C21H25N3O5/c1-22-18(25)12-24-15-9-7-6-8-14(15)21(26)23(2)20(24)13-10-16(27-3)19(29-5)17(11-13)28-4/h6-11,20H,12H2,1-5H3,(H,22,25). The Hall–Kier alpha value is -3.42. The number of methoxy groups -OCH3 is 3. The van der Waals surface area contributed by atoms with Crippen molar-refractivity contribution in [1.29, 1.82) is 0 Å². The summed E-state index contributed by atoms with van der Waals surface area (Å²) in [6.45, 7) is 0.0759. The van der Waals surface area contributed by atoms with Crippen LogP contribution in [0.3, 0.4) is 0 Å². The number of anilines is 1. The van der Waals surface area contributed by atoms with E-state index in [1.54, 1.807) is 37.2 Å². The topological polar surface area (TPSA) is 80.3 Å². The molecule has 0 spiro atoms. The van der Waals surface area contributed by atoms with Crippen LogP contribution < -0.4 is 24.4 Å². The van der Waals surface area contributed by atoms with Gasteiger partial charge in [-0.2, -0.15) is 0 Å². The molecule has 1 aliphatic rings. The van der Waals surface area contributed by atoms with Crippen molar-refractivity contribution in [3.8, 4) is 17.2 Å². The molecule has 0 radical (unpaired) electrons. The molecule has 1 heterocycles. The summed E-state index contributed by atoms with van der Waals surface area (Å²) in [6, 6.07) is 10.8. The largest absolute Gasteiger partial charge is 0.493 e. The van der Waals surface area contributed by atoms with Crippen molar-refractivity contribution in [1.82, 2.24) is 10.2 Å². The van der Waals surface area contributed by atoms with Crippen LogP contribution in [-0.2, 0) is 4.79 Å². The Balaban J connectivity index is 2.20. The highest BCUT2D eigenvalue weighted by atomic mass is 16.5. The van der Waals surface area contributed by atoms with Gasteiger partial charge in [0.2, 0.25) is 11.7 Å². The van der Waals surface area contributed by atoms with E-state index in [9.17, 15) is 9.59 Å². The first-order valence-corrected chi connectivity index (χ1v) is 9.10. The molecule has 29 heavy (non-hydrogen) atoms. The molecule has 1 atom stereocenters. The van der Waals surface area contributed by atoms with E-state index in [-0.39, 0.29) is 18.4 Å². The molecule has 1 N–H and O–H groups in total. The summed E-state index contributed by atoms with van der Waals surface area (Å²) in [5, 5.41) is 2.65. The zero-order valence-electron chi connectivity index (χ0n) is 17.2. The Morgan fingerprint density at radius 3 is 2.24 bits per heavy atom. The van der Waals surface area contributed by atoms with Crippen molar-refractivity contribution in [3.63, 3.8) is 0 Å². The lowest BCUT2D eigenvalue weighted by Gasteiger charge is -2.44. The molecule has 0 aliphatic carbocycles. The van der Waals surface area contributed by atoms with Gasteiger partial charge in [-0.15, -0.1) is 0 Å². The van der Waals surface area contributed by atoms with Gasteiger partial charge in [0, 0.05) is 19.7 Å². The summed E-state index contributed by atoms with van der Waals surface area (Å²) in [6.07, 6.45) is -0.539. The molecule has 8 heteroatoms. The second kappa shape index (κ2) is 8.30. The van der Waals surface area contributed by atoms with E-state index >= 15 is 0 Å². The van der Waals surface area contributed by atoms with Gasteiger partial charge in [-0.3, -0.25) is 9.59 Å². The number of rotatable bonds is 6. The molecule has 3 rings (SSSR count). The van der Waals surface area contributed by atoms with Crippen molar-refractivity contribution in [2.75, 3.05) is 46.9 Å². The maximum absolute atomic E-state index is 13.0. The number of amides is 2. The Bertz CT molecular complexity index is 905. The third-order valence-electron chi connectivity index (χ3n) is 5.00. The smallest absolute Gasteiger partial charge is 0.257 e. The molecule has 0 fully saturated rings. The molecule has 0 saturated carbocycles. The Labute approximate surface area is 170 Å². The molecular formula is C21H25N3O5. The molecule has 1 aliphatic heterocycles. The van der Waals surface area contributed by atoms with Crippen molar-refractivity contribution in [3.05, 3.63) is 47.5 Å². The van der Waals surface area contributed by atoms with Crippen molar-refractivity contribution in [2.45, 2.75) is 6.17 Å². The van der Waals surface area contributed by atoms with E-state index in [2.05, 4.69) is 5.32 Å². The fourth-order valence-corrected chi connectivity index (χ4v) is 3.61. The van der Waals surface area contributed by atoms with Crippen LogP contribution in [0.1, 0.15) is 22.1 Å². The molecule has 2 aromatic rings. The molecule has 2 amide bonds. The van der Waals surface area contributed by atoms with Gasteiger partial charge in [0.05, 0.1) is 39.1 Å². The first-order chi connectivity index (χ1) is 14.0. The zero-order valence-corrected chi connectivity index (χ0v) is 17.2. The van der Waals surface area contributed by atoms with E-state index < -0.39 is 6.17 Å². The van der Waals surface area contributed by atoms with Crippen LogP contribution in [0.5, 0.6) is 17.2 Å². The first kappa shape index (κ1) is 20.3. The SMILES string of the molecule is CNC(=O)CN1c2ccccc2C(=O)N(C)C1c1cc(OC)c(OC)c(OC)c1. The van der Waals surface area contributed by atoms with Crippen molar-refractivity contribution < 1.29 is 23.8 Å². The maximum Gasteiger partial charge on any atom is 0.257 e. The van der Waals surface area contributed by atoms with Gasteiger partial charge in [-0.05, 0) is 24.3 Å². The Morgan fingerprint density at radius 2 is 1.69 bits per heavy atom. The fraction of sp³-hybridized carbons (Fsp3) is 0.333. The number of hydrogen-bond donors (Lipinski definition) is 1. The lowest BCUT2D eigenvalue weighted by molar-refractivity contribution is -0.119. The number of fused-ring (bicyclic) bond motifs is 1. The van der Waals surface area contributed by atoms with E-state index in [1.807, 2.05) is 23.1 Å². The summed E-state index contributed by atoms with van der Waals surface area (Å²) in [5.74, 6) is 1.11. The van der Waals surface area contributed by atoms with Crippen LogP contribution in [0.4, 0.5) is 5.69 Å². The van der Waals surface area contributed by atoms with Gasteiger partial charge in [-0.25, -0.2) is 0 Å². The summed E-state index contributed by atoms with van der Waals surface area (Å²) in [5.41, 5.74) is 1.97. The number of hydrogen-bond acceptors (Lipinski definition) is 6. The Morgan fingerprint density at radius 1 is 1.07 bits per heavy atom. The molecule has 0 bridgehead atoms. The summed E-state index contributed by atoms with van der Waals surface area (Å²) in [7, 11) is 7.90. The summed E-state index contributed by atoms with van der Waals surface area (Å²) >= 11 is 0. The van der Waals surface area contributed by atoms with Gasteiger partial charge >= 0.3 is 0 Å². The first-order valence-electron chi connectivity index (χ1n) is 9.10. The predicted molar refractivity (Wildman–Crippen MR) is 109 cm³/mol. The van der Waals surface area contributed by atoms with Crippen LogP contribution in [0.2, 0.25) is 0 Å². The molecular weight excluding hydrogens is 374 g/mol. The van der Waals surface area contributed by atoms with E-state index in [0.29, 0.717) is 28.5 Å². The predicted octanol–water partition coefficient (Wildman–Crippen LogP) is 2.05. The quantitative estimate of drug-likeness (QED) is 0.801. The monoisotopic (exact) mass is 399 g/mol. The van der Waals surface area contributed by atoms with Gasteiger partial charge in [-0.1, -0.05) is 12.1 Å². The highest BCUT2D eigenvalue weighted by Crippen LogP contribution is 2.44. The summed E-state index contributed by atoms with van der Waals surface area (Å²) in [4.78, 5) is 28.8. The number of benzene rings is 2. The normalized spacial score (nSPS) is 15.6. The minimum Gasteiger partial charge on any atom is -0.493 e. The highest BCUT2D eigenvalue weighted by molar-refractivity contribution is 6.02. The lowest BCUT2D eigenvalue weighted by atomic mass is 10.0. The minimum atomic E-state index is -0.539. The number of para-hydroxylation sites is 1. The van der Waals surface area contributed by atoms with Crippen molar-refractivity contribution >= 4 is 17.5 Å². The average molecular weight is 399 g/mol. The molecule has 154 valence electrons. The van der Waals surface area contributed by atoms with Gasteiger partial charge in [0.1, 0.15) is 6.17 Å². The number of carbonyl (C=O) groups is 2. The van der Waals surface area contributed by atoms with Gasteiger partial charge in [0.15, 0.2) is 11.5 Å². The van der Waals surface area contributed by atoms with Crippen LogP contribution >= 0.6 is 0 Å². The second-order valence-corrected chi connectivity index (χ2v) is 6.57. The van der Waals surface area contributed by atoms with Gasteiger partial charge in [0.25, 0.3) is 5.91 Å². The van der Waals surface area contributed by atoms with Gasteiger partial charge < -0.3 is 29.3 Å². The zero-order chi connectivity index (χ0) is 21.1. The average Bonchev–Trinajstić information content (AvgIpc) is 2.76. The van der Waals surface area contributed by atoms with Crippen LogP contribution in [0.25, 0.3) is 0 Å². The van der Waals surface area contributed by atoms with Crippen molar-refractivity contribution in [2.24, 2.45) is 0 Å². The number of likely N-dealkylation sites (N-methyl/N-ethyl adjacent to an activating group) is 1. The van der Waals surface area contributed by atoms with Crippen LogP contribution in [-0.4, -0.2) is 58.7 Å². The van der Waals surface area contributed by atoms with E-state index in [4.69, 9.17) is 14.2 Å². The van der Waals surface area contributed by atoms with E-state index in [1.165, 1.54) is 21.3 Å². The fourth-order valence-electron chi connectivity index (χ4n) is 3.61. The minimum absolute atomic E-state index is 0.0759. The Kier molecular flexibility index (Phi) is 5.81. The summed E-state index contributed by atoms with van der Waals surface area (Å²) < 4.78 is 16.4. The van der Waals surface area contributed by atoms with Crippen LogP contribution in [0.15, 0.2) is 36.4 Å². The second-order valence-electron chi connectivity index (χ2n) is 6.57. The highest BCUT2D eigenvalue weighted by Gasteiger charge is 2.38. The number of nitrogens with one attached hydrogen (secondary N) is 1. The number of ether oxygens (including phenoxy) is 3. The lowest BCUT2D eigenvalue weighted by Crippen LogP contribution is -2.50.